The summed E-state index contributed by atoms with van der Waals surface area (Å²) in [6.45, 7) is -1.66. The van der Waals surface area contributed by atoms with Crippen LogP contribution in [0.25, 0.3) is 0 Å². The number of nitrogens with one attached hydrogen (secondary N) is 1. The molecule has 0 bridgehead atoms. The van der Waals surface area contributed by atoms with Crippen molar-refractivity contribution in [3.05, 3.63) is 0 Å². The Balaban J connectivity index is 2.77. The van der Waals surface area contributed by atoms with Gasteiger partial charge in [0, 0.05) is 0 Å². The number of hydrogen-bond acceptors (Lipinski definition) is 6. The fraction of sp³-hybridized carbons (Fsp3) is 0.500. The third kappa shape index (κ3) is 3.60. The van der Waals surface area contributed by atoms with Gasteiger partial charge < -0.3 is 5.73 Å². The molecule has 1 rings (SSSR count). The fourth-order valence-electron chi connectivity index (χ4n) is 0.568. The number of hydrogen-bond donors (Lipinski definition) is 2. The van der Waals surface area contributed by atoms with Gasteiger partial charge in [0.1, 0.15) is 6.54 Å². The number of nitrogens with zero attached hydrogens (tertiary/aromatic N) is 2. The standard InChI is InChI=1S/C4H5F3N4O2S2/c5-4(6,7)1-9-15(12,13)3-11-10-2(8)14-3/h9H,1H2,(H2,8,10). The van der Waals surface area contributed by atoms with Crippen LogP contribution < -0.4 is 10.5 Å². The molecule has 0 amide bonds. The summed E-state index contributed by atoms with van der Waals surface area (Å²) >= 11 is 0.483. The Morgan fingerprint density at radius 3 is 2.40 bits per heavy atom. The van der Waals surface area contributed by atoms with Crippen LogP contribution in [0.4, 0.5) is 18.3 Å². The van der Waals surface area contributed by atoms with E-state index in [4.69, 9.17) is 5.73 Å². The van der Waals surface area contributed by atoms with Crippen LogP contribution in [0.2, 0.25) is 0 Å². The summed E-state index contributed by atoms with van der Waals surface area (Å²) in [6, 6.07) is 0. The molecular weight excluding hydrogens is 257 g/mol. The Labute approximate surface area is 86.4 Å². The van der Waals surface area contributed by atoms with Crippen molar-refractivity contribution in [3.63, 3.8) is 0 Å². The predicted octanol–water partition coefficient (Wildman–Crippen LogP) is -0.0391. The molecule has 11 heteroatoms. The molecule has 0 aliphatic heterocycles. The highest BCUT2D eigenvalue weighted by Crippen LogP contribution is 2.18. The lowest BCUT2D eigenvalue weighted by Crippen LogP contribution is -2.33. The molecule has 0 fully saturated rings. The topological polar surface area (TPSA) is 98.0 Å². The second-order valence-electron chi connectivity index (χ2n) is 2.35. The highest BCUT2D eigenvalue weighted by molar-refractivity contribution is 7.91. The number of aromatic nitrogens is 2. The Bertz CT molecular complexity index is 439. The molecule has 15 heavy (non-hydrogen) atoms. The summed E-state index contributed by atoms with van der Waals surface area (Å²) < 4.78 is 58.2. The molecule has 0 radical (unpaired) electrons. The fourth-order valence-corrected chi connectivity index (χ4v) is 2.41. The van der Waals surface area contributed by atoms with Gasteiger partial charge in [0.05, 0.1) is 0 Å². The first-order valence-corrected chi connectivity index (χ1v) is 5.66. The smallest absolute Gasteiger partial charge is 0.374 e. The Morgan fingerprint density at radius 1 is 1.40 bits per heavy atom. The summed E-state index contributed by atoms with van der Waals surface area (Å²) in [5.74, 6) is 0. The van der Waals surface area contributed by atoms with Gasteiger partial charge in [0.25, 0.3) is 10.0 Å². The van der Waals surface area contributed by atoms with Crippen molar-refractivity contribution in [2.75, 3.05) is 12.3 Å². The van der Waals surface area contributed by atoms with Gasteiger partial charge >= 0.3 is 6.18 Å². The Hall–Kier alpha value is -0.940. The summed E-state index contributed by atoms with van der Waals surface area (Å²) in [5, 5.41) is 6.15. The van der Waals surface area contributed by atoms with E-state index in [2.05, 4.69) is 10.2 Å². The van der Waals surface area contributed by atoms with Gasteiger partial charge in [0.15, 0.2) is 0 Å². The van der Waals surface area contributed by atoms with Crippen molar-refractivity contribution in [1.82, 2.24) is 14.9 Å². The molecule has 1 aromatic heterocycles. The van der Waals surface area contributed by atoms with Crippen LogP contribution in [-0.4, -0.2) is 31.3 Å². The van der Waals surface area contributed by atoms with E-state index in [0.717, 1.165) is 0 Å². The SMILES string of the molecule is Nc1nnc(S(=O)(=O)NCC(F)(F)F)s1. The minimum Gasteiger partial charge on any atom is -0.374 e. The van der Waals surface area contributed by atoms with Crippen LogP contribution in [0.3, 0.4) is 0 Å². The van der Waals surface area contributed by atoms with Gasteiger partial charge in [-0.3, -0.25) is 0 Å². The van der Waals surface area contributed by atoms with Gasteiger partial charge in [-0.25, -0.2) is 8.42 Å². The first-order chi connectivity index (χ1) is 6.71. The molecule has 0 atom stereocenters. The number of halogens is 3. The molecule has 0 aliphatic rings. The van der Waals surface area contributed by atoms with Crippen LogP contribution in [0.5, 0.6) is 0 Å². The number of nitrogen functional groups attached to an aromatic ring is 1. The first-order valence-electron chi connectivity index (χ1n) is 3.36. The largest absolute Gasteiger partial charge is 0.402 e. The number of anilines is 1. The second kappa shape index (κ2) is 3.90. The predicted molar refractivity (Wildman–Crippen MR) is 45.6 cm³/mol. The molecular formula is C4H5F3N4O2S2. The summed E-state index contributed by atoms with van der Waals surface area (Å²) in [7, 11) is -4.28. The minimum absolute atomic E-state index is 0.137. The van der Waals surface area contributed by atoms with Crippen LogP contribution in [0.15, 0.2) is 4.34 Å². The minimum atomic E-state index is -4.62. The molecule has 0 unspecified atom stereocenters. The molecule has 1 aromatic rings. The van der Waals surface area contributed by atoms with E-state index < -0.39 is 27.1 Å². The van der Waals surface area contributed by atoms with Gasteiger partial charge in [0.2, 0.25) is 9.47 Å². The van der Waals surface area contributed by atoms with Crippen LogP contribution in [-0.2, 0) is 10.0 Å². The Kier molecular flexibility index (Phi) is 3.16. The lowest BCUT2D eigenvalue weighted by Gasteiger charge is -2.06. The van der Waals surface area contributed by atoms with Gasteiger partial charge in [-0.2, -0.15) is 17.9 Å². The molecule has 6 nitrogen and oxygen atoms in total. The average Bonchev–Trinajstić information content (AvgIpc) is 2.48. The van der Waals surface area contributed by atoms with Crippen LogP contribution in [0, 0.1) is 0 Å². The number of rotatable bonds is 3. The van der Waals surface area contributed by atoms with Gasteiger partial charge in [-0.15, -0.1) is 10.2 Å². The van der Waals surface area contributed by atoms with Crippen molar-refractivity contribution < 1.29 is 21.6 Å². The van der Waals surface area contributed by atoms with E-state index in [-0.39, 0.29) is 5.13 Å². The maximum absolute atomic E-state index is 11.7. The van der Waals surface area contributed by atoms with Gasteiger partial charge in [-0.05, 0) is 0 Å². The molecule has 86 valence electrons. The molecule has 3 N–H and O–H groups in total. The zero-order chi connectivity index (χ0) is 11.7. The maximum Gasteiger partial charge on any atom is 0.402 e. The summed E-state index contributed by atoms with van der Waals surface area (Å²) in [4.78, 5) is 0. The Morgan fingerprint density at radius 2 is 2.00 bits per heavy atom. The van der Waals surface area contributed by atoms with E-state index in [1.54, 1.807) is 0 Å². The van der Waals surface area contributed by atoms with Crippen molar-refractivity contribution in [1.29, 1.82) is 0 Å². The third-order valence-electron chi connectivity index (χ3n) is 1.11. The highest BCUT2D eigenvalue weighted by atomic mass is 32.2. The van der Waals surface area contributed by atoms with E-state index in [0.29, 0.717) is 11.3 Å². The number of nitrogens with two attached hydrogens (primary N) is 1. The highest BCUT2D eigenvalue weighted by Gasteiger charge is 2.31. The van der Waals surface area contributed by atoms with E-state index in [9.17, 15) is 21.6 Å². The van der Waals surface area contributed by atoms with E-state index >= 15 is 0 Å². The zero-order valence-electron chi connectivity index (χ0n) is 6.95. The van der Waals surface area contributed by atoms with Crippen molar-refractivity contribution >= 4 is 26.5 Å². The maximum atomic E-state index is 11.7. The van der Waals surface area contributed by atoms with Gasteiger partial charge in [-0.1, -0.05) is 11.3 Å². The monoisotopic (exact) mass is 262 g/mol. The average molecular weight is 262 g/mol. The molecule has 0 saturated heterocycles. The number of alkyl halides is 3. The molecule has 0 spiro atoms. The molecule has 0 saturated carbocycles. The van der Waals surface area contributed by atoms with Crippen LogP contribution in [0.1, 0.15) is 0 Å². The molecule has 0 aromatic carbocycles. The van der Waals surface area contributed by atoms with Crippen molar-refractivity contribution in [2.24, 2.45) is 0 Å². The molecule has 0 aliphatic carbocycles. The van der Waals surface area contributed by atoms with E-state index in [1.807, 2.05) is 0 Å². The third-order valence-corrected chi connectivity index (χ3v) is 3.64. The molecule has 1 heterocycles. The summed E-state index contributed by atoms with van der Waals surface area (Å²) in [6.07, 6.45) is -4.62. The van der Waals surface area contributed by atoms with Crippen LogP contribution >= 0.6 is 11.3 Å². The number of sulfonamides is 1. The summed E-state index contributed by atoms with van der Waals surface area (Å²) in [5.41, 5.74) is 5.09. The zero-order valence-corrected chi connectivity index (χ0v) is 8.58. The lowest BCUT2D eigenvalue weighted by molar-refractivity contribution is -0.121. The second-order valence-corrected chi connectivity index (χ2v) is 5.30. The lowest BCUT2D eigenvalue weighted by atomic mass is 10.7. The van der Waals surface area contributed by atoms with Crippen molar-refractivity contribution in [2.45, 2.75) is 10.5 Å². The first kappa shape index (κ1) is 12.1. The quantitative estimate of drug-likeness (QED) is 0.796. The van der Waals surface area contributed by atoms with Crippen molar-refractivity contribution in [3.8, 4) is 0 Å². The normalized spacial score (nSPS) is 13.0. The van der Waals surface area contributed by atoms with E-state index in [1.165, 1.54) is 4.72 Å².